The van der Waals surface area contributed by atoms with E-state index in [1.807, 2.05) is 42.6 Å². The van der Waals surface area contributed by atoms with Crippen molar-refractivity contribution in [3.8, 4) is 11.3 Å². The Bertz CT molecular complexity index is 849. The third kappa shape index (κ3) is 3.65. The highest BCUT2D eigenvalue weighted by atomic mass is 32.1. The van der Waals surface area contributed by atoms with Crippen molar-refractivity contribution in [2.45, 2.75) is 18.8 Å². The Balaban J connectivity index is 1.44. The van der Waals surface area contributed by atoms with E-state index >= 15 is 0 Å². The normalized spacial score (nSPS) is 15.2. The molecule has 25 heavy (non-hydrogen) atoms. The van der Waals surface area contributed by atoms with Gasteiger partial charge in [0, 0.05) is 16.8 Å². The van der Waals surface area contributed by atoms with Crippen molar-refractivity contribution < 1.29 is 4.79 Å². The van der Waals surface area contributed by atoms with E-state index in [4.69, 9.17) is 0 Å². The lowest BCUT2D eigenvalue weighted by Gasteiger charge is -2.20. The standard InChI is InChI=1S/C19H20N4OS/c24-18(16-7-6-15(22-16)13-4-2-1-3-5-13)23-19-21-12-17(25-19)14-8-10-20-11-9-14/h1-7,12,14,20,22H,8-11H2,(H,21,23,24). The third-order valence-electron chi connectivity index (χ3n) is 4.50. The Labute approximate surface area is 150 Å². The van der Waals surface area contributed by atoms with Gasteiger partial charge in [0.05, 0.1) is 0 Å². The van der Waals surface area contributed by atoms with E-state index in [0.717, 1.165) is 37.2 Å². The Kier molecular flexibility index (Phi) is 4.63. The van der Waals surface area contributed by atoms with Gasteiger partial charge in [-0.25, -0.2) is 4.98 Å². The van der Waals surface area contributed by atoms with Gasteiger partial charge in [0.1, 0.15) is 5.69 Å². The number of nitrogens with zero attached hydrogens (tertiary/aromatic N) is 1. The molecule has 6 heteroatoms. The van der Waals surface area contributed by atoms with Crippen LogP contribution in [0.3, 0.4) is 0 Å². The Hall–Kier alpha value is -2.44. The number of aromatic nitrogens is 2. The molecule has 0 unspecified atom stereocenters. The molecule has 1 amide bonds. The van der Waals surface area contributed by atoms with E-state index < -0.39 is 0 Å². The summed E-state index contributed by atoms with van der Waals surface area (Å²) in [6, 6.07) is 13.7. The molecule has 3 aromatic rings. The lowest BCUT2D eigenvalue weighted by atomic mass is 9.97. The average Bonchev–Trinajstić information content (AvgIpc) is 3.33. The zero-order valence-electron chi connectivity index (χ0n) is 13.8. The molecule has 3 heterocycles. The predicted octanol–water partition coefficient (Wildman–Crippen LogP) is 3.86. The van der Waals surface area contributed by atoms with Gasteiger partial charge in [-0.15, -0.1) is 11.3 Å². The van der Waals surface area contributed by atoms with Crippen LogP contribution in [-0.2, 0) is 0 Å². The number of hydrogen-bond donors (Lipinski definition) is 3. The minimum atomic E-state index is -0.159. The van der Waals surface area contributed by atoms with Gasteiger partial charge >= 0.3 is 0 Å². The van der Waals surface area contributed by atoms with Crippen LogP contribution in [0.25, 0.3) is 11.3 Å². The second-order valence-electron chi connectivity index (χ2n) is 6.20. The summed E-state index contributed by atoms with van der Waals surface area (Å²) in [5.41, 5.74) is 2.53. The summed E-state index contributed by atoms with van der Waals surface area (Å²) in [6.07, 6.45) is 4.17. The van der Waals surface area contributed by atoms with Crippen molar-refractivity contribution in [1.82, 2.24) is 15.3 Å². The maximum absolute atomic E-state index is 12.5. The van der Waals surface area contributed by atoms with Gasteiger partial charge in [0.15, 0.2) is 5.13 Å². The molecular weight excluding hydrogens is 332 g/mol. The minimum absolute atomic E-state index is 0.159. The number of piperidine rings is 1. The molecule has 1 aromatic carbocycles. The lowest BCUT2D eigenvalue weighted by Crippen LogP contribution is -2.26. The largest absolute Gasteiger partial charge is 0.351 e. The van der Waals surface area contributed by atoms with Crippen LogP contribution < -0.4 is 10.6 Å². The van der Waals surface area contributed by atoms with Crippen molar-refractivity contribution in [3.05, 3.63) is 59.2 Å². The number of carbonyl (C=O) groups is 1. The van der Waals surface area contributed by atoms with E-state index in [9.17, 15) is 4.79 Å². The van der Waals surface area contributed by atoms with Crippen molar-refractivity contribution in [1.29, 1.82) is 0 Å². The molecule has 1 aliphatic heterocycles. The number of thiazole rings is 1. The predicted molar refractivity (Wildman–Crippen MR) is 101 cm³/mol. The highest BCUT2D eigenvalue weighted by molar-refractivity contribution is 7.15. The van der Waals surface area contributed by atoms with Crippen LogP contribution in [0.1, 0.15) is 34.1 Å². The number of rotatable bonds is 4. The van der Waals surface area contributed by atoms with E-state index in [1.165, 1.54) is 4.88 Å². The fraction of sp³-hybridized carbons (Fsp3) is 0.263. The first-order chi connectivity index (χ1) is 12.3. The number of carbonyl (C=O) groups excluding carboxylic acids is 1. The minimum Gasteiger partial charge on any atom is -0.351 e. The van der Waals surface area contributed by atoms with Crippen LogP contribution in [-0.4, -0.2) is 29.0 Å². The Morgan fingerprint density at radius 3 is 2.72 bits per heavy atom. The SMILES string of the molecule is O=C(Nc1ncc(C2CCNCC2)s1)c1ccc(-c2ccccc2)[nH]1. The molecule has 0 bridgehead atoms. The fourth-order valence-electron chi connectivity index (χ4n) is 3.12. The van der Waals surface area contributed by atoms with Crippen molar-refractivity contribution in [2.24, 2.45) is 0 Å². The molecule has 0 radical (unpaired) electrons. The third-order valence-corrected chi connectivity index (χ3v) is 5.58. The molecule has 2 aromatic heterocycles. The molecule has 0 atom stereocenters. The molecule has 3 N–H and O–H groups in total. The number of aromatic amines is 1. The summed E-state index contributed by atoms with van der Waals surface area (Å²) in [5.74, 6) is 0.396. The molecule has 0 aliphatic carbocycles. The number of amides is 1. The number of H-pyrrole nitrogens is 1. The molecule has 0 spiro atoms. The second kappa shape index (κ2) is 7.21. The number of nitrogens with one attached hydrogen (secondary N) is 3. The average molecular weight is 352 g/mol. The van der Waals surface area contributed by atoms with Crippen molar-refractivity contribution in [3.63, 3.8) is 0 Å². The molecule has 4 rings (SSSR count). The summed E-state index contributed by atoms with van der Waals surface area (Å²) < 4.78 is 0. The number of hydrogen-bond acceptors (Lipinski definition) is 4. The van der Waals surface area contributed by atoms with Crippen molar-refractivity contribution in [2.75, 3.05) is 18.4 Å². The van der Waals surface area contributed by atoms with Crippen molar-refractivity contribution >= 4 is 22.4 Å². The highest BCUT2D eigenvalue weighted by Gasteiger charge is 2.19. The maximum atomic E-state index is 12.5. The molecular formula is C19H20N4OS. The lowest BCUT2D eigenvalue weighted by molar-refractivity contribution is 0.102. The molecule has 128 valence electrons. The van der Waals surface area contributed by atoms with E-state index in [0.29, 0.717) is 16.7 Å². The first-order valence-electron chi connectivity index (χ1n) is 8.52. The summed E-state index contributed by atoms with van der Waals surface area (Å²) in [7, 11) is 0. The van der Waals surface area contributed by atoms with Gasteiger partial charge in [0.2, 0.25) is 0 Å². The second-order valence-corrected chi connectivity index (χ2v) is 7.26. The van der Waals surface area contributed by atoms with Gasteiger partial charge in [-0.1, -0.05) is 30.3 Å². The quantitative estimate of drug-likeness (QED) is 0.668. The van der Waals surface area contributed by atoms with Gasteiger partial charge in [-0.2, -0.15) is 0 Å². The van der Waals surface area contributed by atoms with Gasteiger partial charge < -0.3 is 10.3 Å². The zero-order valence-corrected chi connectivity index (χ0v) is 14.6. The number of anilines is 1. The van der Waals surface area contributed by atoms with E-state index in [2.05, 4.69) is 20.6 Å². The molecule has 1 aliphatic rings. The fourth-order valence-corrected chi connectivity index (χ4v) is 4.10. The van der Waals surface area contributed by atoms with Crippen LogP contribution in [0.2, 0.25) is 0 Å². The molecule has 5 nitrogen and oxygen atoms in total. The molecule has 1 saturated heterocycles. The van der Waals surface area contributed by atoms with E-state index in [1.54, 1.807) is 17.4 Å². The van der Waals surface area contributed by atoms with Crippen LogP contribution in [0, 0.1) is 0 Å². The topological polar surface area (TPSA) is 69.8 Å². The smallest absolute Gasteiger partial charge is 0.273 e. The van der Waals surface area contributed by atoms with Gasteiger partial charge in [0.25, 0.3) is 5.91 Å². The zero-order chi connectivity index (χ0) is 17.1. The highest BCUT2D eigenvalue weighted by Crippen LogP contribution is 2.31. The first kappa shape index (κ1) is 16.1. The molecule has 1 fully saturated rings. The number of benzene rings is 1. The van der Waals surface area contributed by atoms with Gasteiger partial charge in [-0.3, -0.25) is 10.1 Å². The van der Waals surface area contributed by atoms with Crippen LogP contribution in [0.15, 0.2) is 48.7 Å². The van der Waals surface area contributed by atoms with E-state index in [-0.39, 0.29) is 5.91 Å². The summed E-state index contributed by atoms with van der Waals surface area (Å²) in [4.78, 5) is 21.3. The van der Waals surface area contributed by atoms with Crippen LogP contribution in [0.4, 0.5) is 5.13 Å². The Morgan fingerprint density at radius 1 is 1.12 bits per heavy atom. The van der Waals surface area contributed by atoms with Crippen LogP contribution in [0.5, 0.6) is 0 Å². The molecule has 0 saturated carbocycles. The van der Waals surface area contributed by atoms with Crippen LogP contribution >= 0.6 is 11.3 Å². The summed E-state index contributed by atoms with van der Waals surface area (Å²) in [5, 5.41) is 6.94. The first-order valence-corrected chi connectivity index (χ1v) is 9.33. The van der Waals surface area contributed by atoms with Gasteiger partial charge in [-0.05, 0) is 49.5 Å². The Morgan fingerprint density at radius 2 is 1.92 bits per heavy atom. The monoisotopic (exact) mass is 352 g/mol. The summed E-state index contributed by atoms with van der Waals surface area (Å²) in [6.45, 7) is 2.10. The maximum Gasteiger partial charge on any atom is 0.273 e. The summed E-state index contributed by atoms with van der Waals surface area (Å²) >= 11 is 1.58.